The van der Waals surface area contributed by atoms with Gasteiger partial charge >= 0.3 is 0 Å². The molecule has 8 aromatic rings. The molecule has 9 rings (SSSR count). The molecular weight excluding hydrogens is 522 g/mol. The molecule has 0 atom stereocenters. The van der Waals surface area contributed by atoms with Gasteiger partial charge in [0.25, 0.3) is 0 Å². The van der Waals surface area contributed by atoms with Gasteiger partial charge in [0.05, 0.1) is 22.1 Å². The van der Waals surface area contributed by atoms with Crippen molar-refractivity contribution in [1.29, 1.82) is 0 Å². The molecule has 0 amide bonds. The summed E-state index contributed by atoms with van der Waals surface area (Å²) < 4.78 is 4.70. The van der Waals surface area contributed by atoms with Gasteiger partial charge in [-0.15, -0.1) is 0 Å². The first-order valence-corrected chi connectivity index (χ1v) is 14.9. The summed E-state index contributed by atoms with van der Waals surface area (Å²) in [6.45, 7) is 4.70. The highest BCUT2D eigenvalue weighted by atomic mass is 15.1. The van der Waals surface area contributed by atoms with Crippen molar-refractivity contribution in [2.24, 2.45) is 0 Å². The smallest absolute Gasteiger partial charge is 0.145 e. The van der Waals surface area contributed by atoms with E-state index in [4.69, 9.17) is 4.98 Å². The summed E-state index contributed by atoms with van der Waals surface area (Å²) >= 11 is 0. The summed E-state index contributed by atoms with van der Waals surface area (Å²) in [4.78, 5) is 5.04. The zero-order chi connectivity index (χ0) is 28.7. The SMILES string of the molecule is CC1(C)c2ccccc2-c2cc3c4ccccc4n(-c4ccc(-n5c(-c6ccccc6)nc6ccccc65)cc4)c3cc21. The third-order valence-corrected chi connectivity index (χ3v) is 9.33. The maximum absolute atomic E-state index is 5.04. The molecule has 0 N–H and O–H groups in total. The van der Waals surface area contributed by atoms with E-state index >= 15 is 0 Å². The van der Waals surface area contributed by atoms with Crippen LogP contribution in [0.4, 0.5) is 0 Å². The van der Waals surface area contributed by atoms with Gasteiger partial charge in [-0.3, -0.25) is 4.57 Å². The number of rotatable bonds is 3. The molecule has 2 heterocycles. The Balaban J connectivity index is 1.25. The molecule has 0 radical (unpaired) electrons. The summed E-state index contributed by atoms with van der Waals surface area (Å²) in [5.41, 5.74) is 13.3. The van der Waals surface area contributed by atoms with Gasteiger partial charge in [0, 0.05) is 33.1 Å². The van der Waals surface area contributed by atoms with Gasteiger partial charge < -0.3 is 4.57 Å². The topological polar surface area (TPSA) is 22.8 Å². The number of fused-ring (bicyclic) bond motifs is 7. The lowest BCUT2D eigenvalue weighted by Crippen LogP contribution is -2.14. The molecule has 204 valence electrons. The van der Waals surface area contributed by atoms with Crippen molar-refractivity contribution in [3.05, 3.63) is 151 Å². The normalized spacial score (nSPS) is 13.5. The Kier molecular flexibility index (Phi) is 4.95. The van der Waals surface area contributed by atoms with Crippen LogP contribution >= 0.6 is 0 Å². The lowest BCUT2D eigenvalue weighted by Gasteiger charge is -2.21. The van der Waals surface area contributed by atoms with E-state index in [0.717, 1.165) is 33.8 Å². The predicted molar refractivity (Wildman–Crippen MR) is 178 cm³/mol. The molecule has 0 saturated carbocycles. The lowest BCUT2D eigenvalue weighted by atomic mass is 9.82. The summed E-state index contributed by atoms with van der Waals surface area (Å²) in [5.74, 6) is 0.948. The summed E-state index contributed by atoms with van der Waals surface area (Å²) in [6.07, 6.45) is 0. The maximum Gasteiger partial charge on any atom is 0.145 e. The van der Waals surface area contributed by atoms with Crippen LogP contribution < -0.4 is 0 Å². The predicted octanol–water partition coefficient (Wildman–Crippen LogP) is 10.1. The zero-order valence-corrected chi connectivity index (χ0v) is 24.1. The second kappa shape index (κ2) is 8.80. The van der Waals surface area contributed by atoms with Crippen LogP contribution in [-0.2, 0) is 5.41 Å². The van der Waals surface area contributed by atoms with Crippen molar-refractivity contribution in [3.8, 4) is 33.9 Å². The monoisotopic (exact) mass is 551 g/mol. The second-order valence-electron chi connectivity index (χ2n) is 12.1. The minimum Gasteiger partial charge on any atom is -0.309 e. The lowest BCUT2D eigenvalue weighted by molar-refractivity contribution is 0.661. The Morgan fingerprint density at radius 3 is 1.95 bits per heavy atom. The van der Waals surface area contributed by atoms with E-state index < -0.39 is 0 Å². The van der Waals surface area contributed by atoms with Gasteiger partial charge in [0.2, 0.25) is 0 Å². The Hall–Kier alpha value is -5.41. The molecule has 0 spiro atoms. The molecule has 3 heteroatoms. The minimum atomic E-state index is -0.0540. The van der Waals surface area contributed by atoms with Crippen molar-refractivity contribution in [2.75, 3.05) is 0 Å². The average Bonchev–Trinajstić information content (AvgIpc) is 3.67. The molecule has 0 aliphatic heterocycles. The number of benzene rings is 6. The van der Waals surface area contributed by atoms with Gasteiger partial charge in [-0.2, -0.15) is 0 Å². The van der Waals surface area contributed by atoms with E-state index in [1.807, 2.05) is 6.07 Å². The summed E-state index contributed by atoms with van der Waals surface area (Å²) in [6, 6.07) is 50.3. The Bertz CT molecular complexity index is 2350. The van der Waals surface area contributed by atoms with Gasteiger partial charge in [-0.25, -0.2) is 4.98 Å². The zero-order valence-electron chi connectivity index (χ0n) is 24.1. The van der Waals surface area contributed by atoms with Crippen molar-refractivity contribution in [3.63, 3.8) is 0 Å². The quantitative estimate of drug-likeness (QED) is 0.214. The third kappa shape index (κ3) is 3.39. The highest BCUT2D eigenvalue weighted by Gasteiger charge is 2.36. The van der Waals surface area contributed by atoms with E-state index in [9.17, 15) is 0 Å². The summed E-state index contributed by atoms with van der Waals surface area (Å²) in [7, 11) is 0. The molecule has 0 bridgehead atoms. The van der Waals surface area contributed by atoms with E-state index in [2.05, 4.69) is 156 Å². The molecule has 0 fully saturated rings. The molecule has 3 nitrogen and oxygen atoms in total. The Morgan fingerprint density at radius 1 is 0.488 bits per heavy atom. The number of para-hydroxylation sites is 3. The van der Waals surface area contributed by atoms with Crippen molar-refractivity contribution in [1.82, 2.24) is 14.1 Å². The van der Waals surface area contributed by atoms with Crippen LogP contribution in [0.15, 0.2) is 140 Å². The summed E-state index contributed by atoms with van der Waals surface area (Å²) in [5, 5.41) is 2.57. The highest BCUT2D eigenvalue weighted by molar-refractivity contribution is 6.11. The van der Waals surface area contributed by atoms with Crippen LogP contribution in [0.5, 0.6) is 0 Å². The molecule has 1 aliphatic rings. The number of nitrogens with zero attached hydrogens (tertiary/aromatic N) is 3. The van der Waals surface area contributed by atoms with Gasteiger partial charge in [-0.1, -0.05) is 98.8 Å². The van der Waals surface area contributed by atoms with Crippen LogP contribution in [0.2, 0.25) is 0 Å². The molecule has 6 aromatic carbocycles. The highest BCUT2D eigenvalue weighted by Crippen LogP contribution is 2.50. The number of imidazole rings is 1. The van der Waals surface area contributed by atoms with Crippen LogP contribution in [0.3, 0.4) is 0 Å². The van der Waals surface area contributed by atoms with Crippen LogP contribution in [0, 0.1) is 0 Å². The van der Waals surface area contributed by atoms with Crippen LogP contribution in [0.25, 0.3) is 66.7 Å². The van der Waals surface area contributed by atoms with Crippen molar-refractivity contribution < 1.29 is 0 Å². The third-order valence-electron chi connectivity index (χ3n) is 9.33. The maximum atomic E-state index is 5.04. The van der Waals surface area contributed by atoms with E-state index in [-0.39, 0.29) is 5.41 Å². The molecular formula is C40H29N3. The first kappa shape index (κ1) is 24.2. The Labute approximate surface area is 250 Å². The fourth-order valence-electron chi connectivity index (χ4n) is 7.26. The first-order valence-electron chi connectivity index (χ1n) is 14.9. The minimum absolute atomic E-state index is 0.0540. The van der Waals surface area contributed by atoms with E-state index in [0.29, 0.717) is 0 Å². The Morgan fingerprint density at radius 2 is 1.14 bits per heavy atom. The second-order valence-corrected chi connectivity index (χ2v) is 12.1. The number of hydrogen-bond donors (Lipinski definition) is 0. The molecule has 1 aliphatic carbocycles. The van der Waals surface area contributed by atoms with Gasteiger partial charge in [0.15, 0.2) is 0 Å². The first-order chi connectivity index (χ1) is 21.1. The van der Waals surface area contributed by atoms with E-state index in [1.54, 1.807) is 0 Å². The fourth-order valence-corrected chi connectivity index (χ4v) is 7.26. The number of aromatic nitrogens is 3. The molecule has 2 aromatic heterocycles. The molecule has 0 saturated heterocycles. The largest absolute Gasteiger partial charge is 0.309 e. The molecule has 43 heavy (non-hydrogen) atoms. The van der Waals surface area contributed by atoms with Crippen LogP contribution in [0.1, 0.15) is 25.0 Å². The average molecular weight is 552 g/mol. The molecule has 0 unspecified atom stereocenters. The fraction of sp³-hybridized carbons (Fsp3) is 0.0750. The van der Waals surface area contributed by atoms with Gasteiger partial charge in [-0.05, 0) is 76.9 Å². The van der Waals surface area contributed by atoms with Crippen LogP contribution in [-0.4, -0.2) is 14.1 Å². The number of hydrogen-bond acceptors (Lipinski definition) is 1. The standard InChI is InChI=1S/C40H29N3/c1-40(2)33-16-8-6-14-29(33)31-24-32-30-15-7-10-18-36(30)42(38(32)25-34(31)40)27-20-22-28(23-21-27)43-37-19-11-9-17-35(37)41-39(43)26-12-4-3-5-13-26/h3-25H,1-2H3. The van der Waals surface area contributed by atoms with Crippen molar-refractivity contribution >= 4 is 32.8 Å². The van der Waals surface area contributed by atoms with Crippen molar-refractivity contribution in [2.45, 2.75) is 19.3 Å². The van der Waals surface area contributed by atoms with Gasteiger partial charge in [0.1, 0.15) is 5.82 Å². The van der Waals surface area contributed by atoms with E-state index in [1.165, 1.54) is 44.1 Å².